The van der Waals surface area contributed by atoms with Crippen LogP contribution in [0.15, 0.2) is 24.4 Å². The van der Waals surface area contributed by atoms with E-state index in [1.807, 2.05) is 13.8 Å². The van der Waals surface area contributed by atoms with Gasteiger partial charge in [-0.2, -0.15) is 5.10 Å². The first-order chi connectivity index (χ1) is 10.1. The summed E-state index contributed by atoms with van der Waals surface area (Å²) >= 11 is 6.12. The molecule has 2 aromatic rings. The first-order valence-corrected chi connectivity index (χ1v) is 7.13. The molecule has 6 heteroatoms. The normalized spacial score (nSPS) is 13.5. The number of ether oxygens (including phenoxy) is 2. The molecule has 5 nitrogen and oxygen atoms in total. The quantitative estimate of drug-likeness (QED) is 0.818. The fraction of sp³-hybridized carbons (Fsp3) is 0.333. The average molecular weight is 307 g/mol. The second-order valence-corrected chi connectivity index (χ2v) is 5.47. The Morgan fingerprint density at radius 3 is 2.71 bits per heavy atom. The van der Waals surface area contributed by atoms with E-state index >= 15 is 0 Å². The first kappa shape index (κ1) is 13.9. The maximum absolute atomic E-state index is 12.7. The third kappa shape index (κ3) is 2.49. The lowest BCUT2D eigenvalue weighted by Gasteiger charge is -2.19. The Kier molecular flexibility index (Phi) is 3.59. The summed E-state index contributed by atoms with van der Waals surface area (Å²) in [5.41, 5.74) is 0.895. The molecule has 0 amide bonds. The van der Waals surface area contributed by atoms with Gasteiger partial charge in [0.1, 0.15) is 18.9 Å². The second-order valence-electron chi connectivity index (χ2n) is 5.07. The summed E-state index contributed by atoms with van der Waals surface area (Å²) in [4.78, 5) is 12.7. The molecule has 3 rings (SSSR count). The molecule has 21 heavy (non-hydrogen) atoms. The fourth-order valence-corrected chi connectivity index (χ4v) is 2.48. The van der Waals surface area contributed by atoms with Crippen LogP contribution >= 0.6 is 11.6 Å². The van der Waals surface area contributed by atoms with Crippen LogP contribution in [0.2, 0.25) is 5.02 Å². The summed E-state index contributed by atoms with van der Waals surface area (Å²) < 4.78 is 12.6. The van der Waals surface area contributed by atoms with Crippen molar-refractivity contribution in [3.63, 3.8) is 0 Å². The lowest BCUT2D eigenvalue weighted by molar-refractivity contribution is 0.102. The number of hydrogen-bond acceptors (Lipinski definition) is 4. The zero-order valence-electron chi connectivity index (χ0n) is 11.8. The minimum atomic E-state index is -0.178. The minimum Gasteiger partial charge on any atom is -0.486 e. The summed E-state index contributed by atoms with van der Waals surface area (Å²) in [7, 11) is 0. The standard InChI is InChI=1S/C15H15ClN2O3/c1-9(2)18-14(11(16)8-17-18)15(19)10-3-4-12-13(7-10)21-6-5-20-12/h3-4,7-9H,5-6H2,1-2H3. The molecule has 0 unspecified atom stereocenters. The number of halogens is 1. The maximum Gasteiger partial charge on any atom is 0.212 e. The molecular weight excluding hydrogens is 292 g/mol. The Balaban J connectivity index is 2.01. The molecule has 0 saturated heterocycles. The first-order valence-electron chi connectivity index (χ1n) is 6.75. The molecule has 2 heterocycles. The van der Waals surface area contributed by atoms with Gasteiger partial charge in [-0.05, 0) is 32.0 Å². The van der Waals surface area contributed by atoms with Crippen molar-refractivity contribution in [1.82, 2.24) is 9.78 Å². The molecule has 0 N–H and O–H groups in total. The molecule has 1 aliphatic heterocycles. The van der Waals surface area contributed by atoms with Gasteiger partial charge >= 0.3 is 0 Å². The maximum atomic E-state index is 12.7. The SMILES string of the molecule is CC(C)n1ncc(Cl)c1C(=O)c1ccc2c(c1)OCCO2. The monoisotopic (exact) mass is 306 g/mol. The minimum absolute atomic E-state index is 0.0497. The van der Waals surface area contributed by atoms with Gasteiger partial charge in [-0.3, -0.25) is 9.48 Å². The number of nitrogens with zero attached hydrogens (tertiary/aromatic N) is 2. The van der Waals surface area contributed by atoms with E-state index in [9.17, 15) is 4.79 Å². The van der Waals surface area contributed by atoms with Crippen LogP contribution in [0.3, 0.4) is 0 Å². The van der Waals surface area contributed by atoms with E-state index in [2.05, 4.69) is 5.10 Å². The Morgan fingerprint density at radius 2 is 2.00 bits per heavy atom. The molecule has 0 bridgehead atoms. The number of hydrogen-bond donors (Lipinski definition) is 0. The molecule has 0 saturated carbocycles. The number of ketones is 1. The molecular formula is C15H15ClN2O3. The van der Waals surface area contributed by atoms with E-state index in [-0.39, 0.29) is 11.8 Å². The van der Waals surface area contributed by atoms with Gasteiger partial charge in [0.05, 0.1) is 11.2 Å². The average Bonchev–Trinajstić information content (AvgIpc) is 2.88. The van der Waals surface area contributed by atoms with E-state index < -0.39 is 0 Å². The largest absolute Gasteiger partial charge is 0.486 e. The van der Waals surface area contributed by atoms with Crippen molar-refractivity contribution in [3.05, 3.63) is 40.7 Å². The summed E-state index contributed by atoms with van der Waals surface area (Å²) in [5, 5.41) is 4.51. The molecule has 0 spiro atoms. The van der Waals surface area contributed by atoms with Gasteiger partial charge in [0.25, 0.3) is 0 Å². The molecule has 110 valence electrons. The van der Waals surface area contributed by atoms with Crippen LogP contribution < -0.4 is 9.47 Å². The predicted molar refractivity (Wildman–Crippen MR) is 78.5 cm³/mol. The van der Waals surface area contributed by atoms with E-state index in [4.69, 9.17) is 21.1 Å². The van der Waals surface area contributed by atoms with Crippen LogP contribution in [0, 0.1) is 0 Å². The summed E-state index contributed by atoms with van der Waals surface area (Å²) in [6.07, 6.45) is 1.49. The van der Waals surface area contributed by atoms with Crippen molar-refractivity contribution in [1.29, 1.82) is 0 Å². The van der Waals surface area contributed by atoms with Gasteiger partial charge in [-0.25, -0.2) is 0 Å². The second kappa shape index (κ2) is 5.41. The van der Waals surface area contributed by atoms with Crippen molar-refractivity contribution in [2.24, 2.45) is 0 Å². The van der Waals surface area contributed by atoms with Crippen LogP contribution in [0.25, 0.3) is 0 Å². The zero-order valence-corrected chi connectivity index (χ0v) is 12.6. The van der Waals surface area contributed by atoms with Crippen LogP contribution in [0.1, 0.15) is 35.9 Å². The Labute approximate surface area is 127 Å². The van der Waals surface area contributed by atoms with Gasteiger partial charge in [0, 0.05) is 11.6 Å². The summed E-state index contributed by atoms with van der Waals surface area (Å²) in [6.45, 7) is 4.90. The highest BCUT2D eigenvalue weighted by molar-refractivity contribution is 6.34. The number of benzene rings is 1. The van der Waals surface area contributed by atoms with E-state index in [1.54, 1.807) is 22.9 Å². The topological polar surface area (TPSA) is 53.4 Å². The highest BCUT2D eigenvalue weighted by atomic mass is 35.5. The molecule has 0 radical (unpaired) electrons. The molecule has 1 aliphatic rings. The van der Waals surface area contributed by atoms with E-state index in [1.165, 1.54) is 6.20 Å². The van der Waals surface area contributed by atoms with Gasteiger partial charge in [-0.15, -0.1) is 0 Å². The predicted octanol–water partition coefficient (Wildman–Crippen LogP) is 3.12. The van der Waals surface area contributed by atoms with Crippen molar-refractivity contribution in [2.45, 2.75) is 19.9 Å². The van der Waals surface area contributed by atoms with Crippen molar-refractivity contribution >= 4 is 17.4 Å². The third-order valence-electron chi connectivity index (χ3n) is 3.26. The van der Waals surface area contributed by atoms with Crippen LogP contribution in [-0.2, 0) is 0 Å². The van der Waals surface area contributed by atoms with Gasteiger partial charge in [-0.1, -0.05) is 11.6 Å². The number of fused-ring (bicyclic) bond motifs is 1. The summed E-state index contributed by atoms with van der Waals surface area (Å²) in [5.74, 6) is 1.06. The van der Waals surface area contributed by atoms with Crippen LogP contribution in [0.4, 0.5) is 0 Å². The van der Waals surface area contributed by atoms with Crippen molar-refractivity contribution in [2.75, 3.05) is 13.2 Å². The van der Waals surface area contributed by atoms with Crippen molar-refractivity contribution in [3.8, 4) is 11.5 Å². The molecule has 0 aliphatic carbocycles. The Morgan fingerprint density at radius 1 is 1.29 bits per heavy atom. The molecule has 1 aromatic carbocycles. The Bertz CT molecular complexity index is 694. The fourth-order valence-electron chi connectivity index (χ4n) is 2.27. The van der Waals surface area contributed by atoms with E-state index in [0.29, 0.717) is 41.0 Å². The summed E-state index contributed by atoms with van der Waals surface area (Å²) in [6, 6.07) is 5.19. The van der Waals surface area contributed by atoms with Gasteiger partial charge < -0.3 is 9.47 Å². The zero-order chi connectivity index (χ0) is 15.0. The highest BCUT2D eigenvalue weighted by Gasteiger charge is 2.22. The van der Waals surface area contributed by atoms with Crippen molar-refractivity contribution < 1.29 is 14.3 Å². The third-order valence-corrected chi connectivity index (χ3v) is 3.54. The molecule has 0 fully saturated rings. The Hall–Kier alpha value is -2.01. The van der Waals surface area contributed by atoms with E-state index in [0.717, 1.165) is 0 Å². The lowest BCUT2D eigenvalue weighted by Crippen LogP contribution is -2.17. The van der Waals surface area contributed by atoms with Crippen LogP contribution in [-0.4, -0.2) is 28.8 Å². The van der Waals surface area contributed by atoms with Gasteiger partial charge in [0.2, 0.25) is 5.78 Å². The number of carbonyl (C=O) groups is 1. The molecule has 1 aromatic heterocycles. The smallest absolute Gasteiger partial charge is 0.212 e. The lowest BCUT2D eigenvalue weighted by atomic mass is 10.1. The number of aromatic nitrogens is 2. The van der Waals surface area contributed by atoms with Gasteiger partial charge in [0.15, 0.2) is 11.5 Å². The highest BCUT2D eigenvalue weighted by Crippen LogP contribution is 2.32. The number of carbonyl (C=O) groups excluding carboxylic acids is 1. The molecule has 0 atom stereocenters. The number of rotatable bonds is 3. The van der Waals surface area contributed by atoms with Crippen LogP contribution in [0.5, 0.6) is 11.5 Å².